The smallest absolute Gasteiger partial charge is 0.271 e. The molecule has 8 heteroatoms. The monoisotopic (exact) mass is 332 g/mol. The highest BCUT2D eigenvalue weighted by Gasteiger charge is 2.30. The third-order valence-electron chi connectivity index (χ3n) is 3.65. The van der Waals surface area contributed by atoms with Gasteiger partial charge in [-0.2, -0.15) is 12.7 Å². The van der Waals surface area contributed by atoms with Crippen molar-refractivity contribution in [1.29, 1.82) is 0 Å². The summed E-state index contributed by atoms with van der Waals surface area (Å²) in [6.45, 7) is 0. The van der Waals surface area contributed by atoms with Crippen LogP contribution in [0.15, 0.2) is 29.2 Å². The Labute approximate surface area is 126 Å². The lowest BCUT2D eigenvalue weighted by molar-refractivity contribution is 0.527. The van der Waals surface area contributed by atoms with E-state index in [1.165, 1.54) is 38.4 Å². The lowest BCUT2D eigenvalue weighted by atomic mass is 10.3. The van der Waals surface area contributed by atoms with Gasteiger partial charge in [0.15, 0.2) is 9.84 Å². The molecule has 0 amide bonds. The van der Waals surface area contributed by atoms with E-state index in [0.717, 1.165) is 17.1 Å². The molecular weight excluding hydrogens is 312 g/mol. The summed E-state index contributed by atoms with van der Waals surface area (Å²) in [5.74, 6) is 0. The maximum atomic E-state index is 12.4. The van der Waals surface area contributed by atoms with Crippen LogP contribution in [0.2, 0.25) is 0 Å². The summed E-state index contributed by atoms with van der Waals surface area (Å²) in [6.07, 6.45) is 3.31. The molecule has 1 aromatic rings. The van der Waals surface area contributed by atoms with E-state index >= 15 is 0 Å². The quantitative estimate of drug-likeness (QED) is 0.888. The molecule has 0 spiro atoms. The van der Waals surface area contributed by atoms with Gasteiger partial charge in [-0.05, 0) is 37.1 Å². The number of anilines is 1. The van der Waals surface area contributed by atoms with Gasteiger partial charge in [-0.3, -0.25) is 4.72 Å². The minimum absolute atomic E-state index is 0.252. The molecule has 1 N–H and O–H groups in total. The molecule has 0 unspecified atom stereocenters. The first-order valence-electron chi connectivity index (χ1n) is 6.78. The minimum atomic E-state index is -3.58. The standard InChI is InChI=1S/C13H20N2O4S2/c1-15(2)21(18,19)14-11-7-9-13(10-8-11)20(16,17)12-5-3-4-6-12/h7-10,12,14H,3-6H2,1-2H3. The molecule has 1 saturated carbocycles. The van der Waals surface area contributed by atoms with Crippen LogP contribution in [0.3, 0.4) is 0 Å². The maximum Gasteiger partial charge on any atom is 0.301 e. The third-order valence-corrected chi connectivity index (χ3v) is 7.38. The van der Waals surface area contributed by atoms with Crippen LogP contribution in [0, 0.1) is 0 Å². The Morgan fingerprint density at radius 2 is 1.52 bits per heavy atom. The molecule has 118 valence electrons. The first kappa shape index (κ1) is 16.3. The Morgan fingerprint density at radius 1 is 1.00 bits per heavy atom. The van der Waals surface area contributed by atoms with E-state index in [2.05, 4.69) is 4.72 Å². The van der Waals surface area contributed by atoms with Gasteiger partial charge in [0.2, 0.25) is 0 Å². The predicted octanol–water partition coefficient (Wildman–Crippen LogP) is 1.62. The van der Waals surface area contributed by atoms with Crippen molar-refractivity contribution < 1.29 is 16.8 Å². The molecule has 0 heterocycles. The zero-order valence-electron chi connectivity index (χ0n) is 12.1. The van der Waals surface area contributed by atoms with Gasteiger partial charge in [-0.15, -0.1) is 0 Å². The van der Waals surface area contributed by atoms with E-state index in [-0.39, 0.29) is 10.1 Å². The van der Waals surface area contributed by atoms with Crippen molar-refractivity contribution in [2.45, 2.75) is 35.8 Å². The van der Waals surface area contributed by atoms with Crippen LogP contribution < -0.4 is 4.72 Å². The van der Waals surface area contributed by atoms with E-state index in [9.17, 15) is 16.8 Å². The summed E-state index contributed by atoms with van der Waals surface area (Å²) >= 11 is 0. The van der Waals surface area contributed by atoms with Crippen molar-refractivity contribution >= 4 is 25.7 Å². The van der Waals surface area contributed by atoms with Crippen molar-refractivity contribution in [3.8, 4) is 0 Å². The average molecular weight is 332 g/mol. The Morgan fingerprint density at radius 3 is 2.00 bits per heavy atom. The highest BCUT2D eigenvalue weighted by Crippen LogP contribution is 2.30. The van der Waals surface area contributed by atoms with E-state index < -0.39 is 20.0 Å². The lowest BCUT2D eigenvalue weighted by Gasteiger charge is -2.14. The fourth-order valence-electron chi connectivity index (χ4n) is 2.34. The van der Waals surface area contributed by atoms with Crippen molar-refractivity contribution in [2.75, 3.05) is 18.8 Å². The SMILES string of the molecule is CN(C)S(=O)(=O)Nc1ccc(S(=O)(=O)C2CCCC2)cc1. The fraction of sp³-hybridized carbons (Fsp3) is 0.538. The lowest BCUT2D eigenvalue weighted by Crippen LogP contribution is -2.28. The molecule has 0 atom stereocenters. The Bertz CT molecular complexity index is 688. The molecular formula is C13H20N2O4S2. The molecule has 0 radical (unpaired) electrons. The normalized spacial score (nSPS) is 17.3. The van der Waals surface area contributed by atoms with Gasteiger partial charge in [0, 0.05) is 19.8 Å². The van der Waals surface area contributed by atoms with Crippen molar-refractivity contribution in [3.63, 3.8) is 0 Å². The molecule has 6 nitrogen and oxygen atoms in total. The summed E-state index contributed by atoms with van der Waals surface area (Å²) in [5.41, 5.74) is 0.342. The summed E-state index contributed by atoms with van der Waals surface area (Å²) in [6, 6.07) is 5.87. The molecule has 1 aliphatic carbocycles. The predicted molar refractivity (Wildman–Crippen MR) is 82.1 cm³/mol. The number of nitrogens with one attached hydrogen (secondary N) is 1. The van der Waals surface area contributed by atoms with Crippen molar-refractivity contribution in [3.05, 3.63) is 24.3 Å². The fourth-order valence-corrected chi connectivity index (χ4v) is 4.81. The van der Waals surface area contributed by atoms with Gasteiger partial charge >= 0.3 is 10.2 Å². The molecule has 1 fully saturated rings. The maximum absolute atomic E-state index is 12.4. The topological polar surface area (TPSA) is 83.6 Å². The van der Waals surface area contributed by atoms with Crippen LogP contribution in [0.25, 0.3) is 0 Å². The first-order chi connectivity index (χ1) is 9.73. The van der Waals surface area contributed by atoms with Gasteiger partial charge in [0.25, 0.3) is 0 Å². The van der Waals surface area contributed by atoms with Crippen LogP contribution in [0.1, 0.15) is 25.7 Å². The van der Waals surface area contributed by atoms with Crippen LogP contribution in [-0.4, -0.2) is 40.5 Å². The van der Waals surface area contributed by atoms with E-state index in [1.807, 2.05) is 0 Å². The van der Waals surface area contributed by atoms with E-state index in [4.69, 9.17) is 0 Å². The summed E-state index contributed by atoms with van der Waals surface area (Å²) in [4.78, 5) is 0.252. The second-order valence-electron chi connectivity index (χ2n) is 5.37. The van der Waals surface area contributed by atoms with Crippen LogP contribution in [0.4, 0.5) is 5.69 Å². The number of hydrogen-bond acceptors (Lipinski definition) is 4. The van der Waals surface area contributed by atoms with Crippen molar-refractivity contribution in [1.82, 2.24) is 4.31 Å². The van der Waals surface area contributed by atoms with Gasteiger partial charge in [0.05, 0.1) is 10.1 Å². The average Bonchev–Trinajstić information content (AvgIpc) is 2.93. The summed E-state index contributed by atoms with van der Waals surface area (Å²) in [5, 5.41) is -0.304. The molecule has 0 saturated heterocycles. The Kier molecular flexibility index (Phi) is 4.60. The minimum Gasteiger partial charge on any atom is -0.271 e. The second-order valence-corrected chi connectivity index (χ2v) is 9.48. The van der Waals surface area contributed by atoms with Crippen LogP contribution in [-0.2, 0) is 20.0 Å². The molecule has 1 aliphatic rings. The van der Waals surface area contributed by atoms with E-state index in [1.54, 1.807) is 0 Å². The Balaban J connectivity index is 2.19. The molecule has 2 rings (SSSR count). The zero-order valence-corrected chi connectivity index (χ0v) is 13.7. The zero-order chi connectivity index (χ0) is 15.7. The molecule has 1 aromatic carbocycles. The van der Waals surface area contributed by atoms with Crippen molar-refractivity contribution in [2.24, 2.45) is 0 Å². The molecule has 0 aromatic heterocycles. The first-order valence-corrected chi connectivity index (χ1v) is 9.76. The highest BCUT2D eigenvalue weighted by atomic mass is 32.2. The number of rotatable bonds is 5. The largest absolute Gasteiger partial charge is 0.301 e. The third kappa shape index (κ3) is 3.56. The molecule has 0 bridgehead atoms. The molecule has 0 aliphatic heterocycles. The number of sulfone groups is 1. The highest BCUT2D eigenvalue weighted by molar-refractivity contribution is 7.92. The number of benzene rings is 1. The molecule has 21 heavy (non-hydrogen) atoms. The van der Waals surface area contributed by atoms with Gasteiger partial charge in [0.1, 0.15) is 0 Å². The summed E-state index contributed by atoms with van der Waals surface area (Å²) in [7, 11) is -4.05. The van der Waals surface area contributed by atoms with E-state index in [0.29, 0.717) is 18.5 Å². The van der Waals surface area contributed by atoms with Crippen LogP contribution >= 0.6 is 0 Å². The Hall–Kier alpha value is -1.12. The number of hydrogen-bond donors (Lipinski definition) is 1. The second kappa shape index (κ2) is 5.94. The summed E-state index contributed by atoms with van der Waals surface area (Å²) < 4.78 is 51.6. The number of nitrogens with zero attached hydrogens (tertiary/aromatic N) is 1. The van der Waals surface area contributed by atoms with Gasteiger partial charge in [-0.1, -0.05) is 12.8 Å². The van der Waals surface area contributed by atoms with Gasteiger partial charge in [-0.25, -0.2) is 8.42 Å². The van der Waals surface area contributed by atoms with Crippen LogP contribution in [0.5, 0.6) is 0 Å². The van der Waals surface area contributed by atoms with Gasteiger partial charge < -0.3 is 0 Å².